The first-order valence-corrected chi connectivity index (χ1v) is 6.38. The van der Waals surface area contributed by atoms with Gasteiger partial charge in [-0.05, 0) is 12.8 Å². The molecule has 0 saturated heterocycles. The minimum Gasteiger partial charge on any atom is -0.481 e. The number of carboxylic acids is 1. The summed E-state index contributed by atoms with van der Waals surface area (Å²) in [4.78, 5) is 10.9. The summed E-state index contributed by atoms with van der Waals surface area (Å²) in [5.74, 6) is -1.54. The second-order valence-electron chi connectivity index (χ2n) is 3.66. The van der Waals surface area contributed by atoms with Gasteiger partial charge in [-0.25, -0.2) is 4.72 Å². The highest BCUT2D eigenvalue weighted by atomic mass is 32.2. The van der Waals surface area contributed by atoms with Crippen LogP contribution in [0.3, 0.4) is 0 Å². The molecule has 0 aromatic heterocycles. The van der Waals surface area contributed by atoms with E-state index in [0.29, 0.717) is 12.8 Å². The normalized spacial score (nSPS) is 27.5. The monoisotopic (exact) mass is 236 g/mol. The molecule has 88 valence electrons. The van der Waals surface area contributed by atoms with Crippen molar-refractivity contribution < 1.29 is 18.3 Å². The lowest BCUT2D eigenvalue weighted by atomic mass is 9.85. The Morgan fingerprint density at radius 3 is 2.47 bits per heavy atom. The third-order valence-corrected chi connectivity index (χ3v) is 3.81. The van der Waals surface area contributed by atoms with E-state index in [1.807, 2.05) is 0 Å². The largest absolute Gasteiger partial charge is 0.481 e. The molecular weight excluding hydrogens is 220 g/mol. The van der Waals surface area contributed by atoms with Gasteiger partial charge in [-0.15, -0.1) is 0 Å². The number of carbonyl (C=O) groups is 1. The van der Waals surface area contributed by atoms with Crippen molar-refractivity contribution in [2.45, 2.75) is 31.7 Å². The van der Waals surface area contributed by atoms with Crippen molar-refractivity contribution in [1.29, 1.82) is 0 Å². The average Bonchev–Trinajstić information content (AvgIpc) is 2.18. The Labute approximate surface area is 89.2 Å². The molecular formula is C8H16N2O4S. The van der Waals surface area contributed by atoms with Gasteiger partial charge in [-0.2, -0.15) is 13.1 Å². The van der Waals surface area contributed by atoms with Gasteiger partial charge in [0.05, 0.1) is 5.92 Å². The first-order chi connectivity index (χ1) is 6.96. The summed E-state index contributed by atoms with van der Waals surface area (Å²) < 4.78 is 26.9. The lowest BCUT2D eigenvalue weighted by Gasteiger charge is -2.28. The second-order valence-corrected chi connectivity index (χ2v) is 5.31. The molecule has 0 amide bonds. The Balaban J connectivity index is 2.69. The van der Waals surface area contributed by atoms with Crippen LogP contribution in [0.5, 0.6) is 0 Å². The van der Waals surface area contributed by atoms with Crippen LogP contribution in [0.1, 0.15) is 25.7 Å². The minimum atomic E-state index is -3.55. The molecule has 2 atom stereocenters. The number of nitrogens with one attached hydrogen (secondary N) is 2. The van der Waals surface area contributed by atoms with Crippen molar-refractivity contribution in [3.8, 4) is 0 Å². The van der Waals surface area contributed by atoms with Crippen molar-refractivity contribution in [2.75, 3.05) is 7.05 Å². The molecule has 0 bridgehead atoms. The van der Waals surface area contributed by atoms with Crippen LogP contribution in [0.4, 0.5) is 0 Å². The first-order valence-electron chi connectivity index (χ1n) is 4.90. The predicted octanol–water partition coefficient (Wildman–Crippen LogP) is -0.316. The Hall–Kier alpha value is -0.660. The van der Waals surface area contributed by atoms with Crippen LogP contribution in [0.15, 0.2) is 0 Å². The fourth-order valence-corrected chi connectivity index (χ4v) is 2.62. The quantitative estimate of drug-likeness (QED) is 0.623. The first kappa shape index (κ1) is 12.4. The fraction of sp³-hybridized carbons (Fsp3) is 0.875. The molecule has 7 heteroatoms. The van der Waals surface area contributed by atoms with E-state index in [1.165, 1.54) is 7.05 Å². The topological polar surface area (TPSA) is 95.5 Å². The van der Waals surface area contributed by atoms with E-state index in [4.69, 9.17) is 5.11 Å². The minimum absolute atomic E-state index is 0.492. The van der Waals surface area contributed by atoms with Crippen LogP contribution in [-0.4, -0.2) is 32.6 Å². The standard InChI is InChI=1S/C8H16N2O4S/c1-9-15(13,14)10-7-5-3-2-4-6(7)8(11)12/h6-7,9-10H,2-5H2,1H3,(H,11,12). The average molecular weight is 236 g/mol. The SMILES string of the molecule is CNS(=O)(=O)NC1CCCCC1C(=O)O. The van der Waals surface area contributed by atoms with Crippen LogP contribution in [-0.2, 0) is 15.0 Å². The molecule has 0 heterocycles. The van der Waals surface area contributed by atoms with Gasteiger partial charge in [-0.3, -0.25) is 4.79 Å². The molecule has 0 aliphatic heterocycles. The van der Waals surface area contributed by atoms with Crippen molar-refractivity contribution in [2.24, 2.45) is 5.92 Å². The molecule has 1 aliphatic carbocycles. The van der Waals surface area contributed by atoms with E-state index in [0.717, 1.165) is 12.8 Å². The van der Waals surface area contributed by atoms with E-state index >= 15 is 0 Å². The van der Waals surface area contributed by atoms with Gasteiger partial charge in [0.25, 0.3) is 10.2 Å². The van der Waals surface area contributed by atoms with Crippen LogP contribution in [0.2, 0.25) is 0 Å². The Morgan fingerprint density at radius 1 is 1.33 bits per heavy atom. The van der Waals surface area contributed by atoms with Crippen molar-refractivity contribution in [3.63, 3.8) is 0 Å². The molecule has 6 nitrogen and oxygen atoms in total. The molecule has 1 saturated carbocycles. The summed E-state index contributed by atoms with van der Waals surface area (Å²) in [6, 6.07) is -0.492. The molecule has 15 heavy (non-hydrogen) atoms. The zero-order valence-electron chi connectivity index (χ0n) is 8.56. The maximum absolute atomic E-state index is 11.2. The smallest absolute Gasteiger partial charge is 0.308 e. The van der Waals surface area contributed by atoms with E-state index in [2.05, 4.69) is 9.44 Å². The number of aliphatic carboxylic acids is 1. The summed E-state index contributed by atoms with van der Waals surface area (Å²) in [5, 5.41) is 8.92. The molecule has 1 fully saturated rings. The number of rotatable bonds is 4. The van der Waals surface area contributed by atoms with Crippen molar-refractivity contribution in [1.82, 2.24) is 9.44 Å². The van der Waals surface area contributed by atoms with Gasteiger partial charge in [0.1, 0.15) is 0 Å². The van der Waals surface area contributed by atoms with Crippen molar-refractivity contribution in [3.05, 3.63) is 0 Å². The third-order valence-electron chi connectivity index (χ3n) is 2.66. The zero-order valence-corrected chi connectivity index (χ0v) is 9.38. The molecule has 2 unspecified atom stereocenters. The number of hydrogen-bond acceptors (Lipinski definition) is 3. The third kappa shape index (κ3) is 3.44. The molecule has 3 N–H and O–H groups in total. The molecule has 0 aromatic rings. The highest BCUT2D eigenvalue weighted by Crippen LogP contribution is 2.24. The lowest BCUT2D eigenvalue weighted by Crippen LogP contribution is -2.48. The predicted molar refractivity (Wildman–Crippen MR) is 54.5 cm³/mol. The van der Waals surface area contributed by atoms with Gasteiger partial charge in [-0.1, -0.05) is 12.8 Å². The van der Waals surface area contributed by atoms with Crippen LogP contribution in [0, 0.1) is 5.92 Å². The molecule has 1 aliphatic rings. The van der Waals surface area contributed by atoms with E-state index < -0.39 is 28.1 Å². The molecule has 1 rings (SSSR count). The molecule has 0 aromatic carbocycles. The molecule has 0 radical (unpaired) electrons. The Bertz CT molecular complexity index is 328. The highest BCUT2D eigenvalue weighted by molar-refractivity contribution is 7.87. The van der Waals surface area contributed by atoms with Gasteiger partial charge < -0.3 is 5.11 Å². The van der Waals surface area contributed by atoms with E-state index in [9.17, 15) is 13.2 Å². The van der Waals surface area contributed by atoms with Gasteiger partial charge in [0, 0.05) is 13.1 Å². The molecule has 0 spiro atoms. The Morgan fingerprint density at radius 2 is 1.93 bits per heavy atom. The van der Waals surface area contributed by atoms with Gasteiger partial charge >= 0.3 is 5.97 Å². The van der Waals surface area contributed by atoms with Gasteiger partial charge in [0.2, 0.25) is 0 Å². The van der Waals surface area contributed by atoms with E-state index in [1.54, 1.807) is 0 Å². The zero-order chi connectivity index (χ0) is 11.5. The Kier molecular flexibility index (Phi) is 4.06. The highest BCUT2D eigenvalue weighted by Gasteiger charge is 2.32. The van der Waals surface area contributed by atoms with Crippen molar-refractivity contribution >= 4 is 16.2 Å². The van der Waals surface area contributed by atoms with Crippen LogP contribution >= 0.6 is 0 Å². The maximum atomic E-state index is 11.2. The maximum Gasteiger partial charge on any atom is 0.308 e. The summed E-state index contributed by atoms with van der Waals surface area (Å²) in [6.07, 6.45) is 2.82. The lowest BCUT2D eigenvalue weighted by molar-refractivity contribution is -0.143. The van der Waals surface area contributed by atoms with Crippen LogP contribution < -0.4 is 9.44 Å². The van der Waals surface area contributed by atoms with Crippen LogP contribution in [0.25, 0.3) is 0 Å². The summed E-state index contributed by atoms with van der Waals surface area (Å²) >= 11 is 0. The van der Waals surface area contributed by atoms with E-state index in [-0.39, 0.29) is 0 Å². The van der Waals surface area contributed by atoms with Gasteiger partial charge in [0.15, 0.2) is 0 Å². The number of hydrogen-bond donors (Lipinski definition) is 3. The summed E-state index contributed by atoms with van der Waals surface area (Å²) in [6.45, 7) is 0. The fourth-order valence-electron chi connectivity index (χ4n) is 1.83. The summed E-state index contributed by atoms with van der Waals surface area (Å²) in [5.41, 5.74) is 0. The number of carboxylic acid groups (broad SMARTS) is 1. The summed E-state index contributed by atoms with van der Waals surface area (Å²) in [7, 11) is -2.26. The second kappa shape index (κ2) is 4.91.